The smallest absolute Gasteiger partial charge is 0.142 e. The first kappa shape index (κ1) is 39.2. The van der Waals surface area contributed by atoms with E-state index in [0.29, 0.717) is 41.5 Å². The monoisotopic (exact) mass is 681 g/mol. The molecule has 4 rings (SSSR count). The maximum atomic E-state index is 15.8. The van der Waals surface area contributed by atoms with Gasteiger partial charge in [0.15, 0.2) is 0 Å². The summed E-state index contributed by atoms with van der Waals surface area (Å²) in [6, 6.07) is 26.0. The lowest BCUT2D eigenvalue weighted by Crippen LogP contribution is -2.06. The average Bonchev–Trinajstić information content (AvgIpc) is 3.14. The maximum absolute atomic E-state index is 15.8. The number of methoxy groups -OCH3 is 2. The van der Waals surface area contributed by atoms with Crippen LogP contribution in [0.25, 0.3) is 34.4 Å². The fourth-order valence-electron chi connectivity index (χ4n) is 5.32. The molecule has 1 atom stereocenters. The average molecular weight is 682 g/mol. The highest BCUT2D eigenvalue weighted by molar-refractivity contribution is 7.28. The second-order valence-corrected chi connectivity index (χ2v) is 12.1. The van der Waals surface area contributed by atoms with Crippen LogP contribution in [0.1, 0.15) is 60.8 Å². The van der Waals surface area contributed by atoms with Crippen molar-refractivity contribution in [2.45, 2.75) is 44.9 Å². The molecule has 1 unspecified atom stereocenters. The van der Waals surface area contributed by atoms with E-state index in [4.69, 9.17) is 24.4 Å². The molecule has 49 heavy (non-hydrogen) atoms. The van der Waals surface area contributed by atoms with Crippen molar-refractivity contribution in [2.24, 2.45) is 0 Å². The van der Waals surface area contributed by atoms with Crippen LogP contribution in [0.2, 0.25) is 0 Å². The molecule has 0 bridgehead atoms. The van der Waals surface area contributed by atoms with Gasteiger partial charge in [-0.25, -0.2) is 4.39 Å². The minimum Gasteiger partial charge on any atom is -0.494 e. The molecular formula is C42H49FNO4P. The number of hydrogen-bond acceptors (Lipinski definition) is 5. The van der Waals surface area contributed by atoms with Gasteiger partial charge in [0.25, 0.3) is 0 Å². The summed E-state index contributed by atoms with van der Waals surface area (Å²) in [6.45, 7) is 5.26. The lowest BCUT2D eigenvalue weighted by Gasteiger charge is -2.14. The molecule has 0 spiro atoms. The normalized spacial score (nSPS) is 10.8. The third kappa shape index (κ3) is 13.0. The zero-order valence-corrected chi connectivity index (χ0v) is 29.9. The van der Waals surface area contributed by atoms with E-state index in [-0.39, 0.29) is 5.82 Å². The van der Waals surface area contributed by atoms with Gasteiger partial charge in [0, 0.05) is 56.5 Å². The second kappa shape index (κ2) is 22.4. The number of benzene rings is 4. The lowest BCUT2D eigenvalue weighted by molar-refractivity contribution is -0.104. The Bertz CT molecular complexity index is 1630. The molecule has 0 amide bonds. The molecule has 1 N–H and O–H groups in total. The fourth-order valence-corrected chi connectivity index (χ4v) is 5.74. The van der Waals surface area contributed by atoms with Crippen molar-refractivity contribution in [1.29, 1.82) is 5.41 Å². The summed E-state index contributed by atoms with van der Waals surface area (Å²) in [4.78, 5) is 9.06. The zero-order chi connectivity index (χ0) is 35.3. The van der Waals surface area contributed by atoms with Gasteiger partial charge in [-0.05, 0) is 76.9 Å². The molecule has 0 radical (unpaired) electrons. The minimum atomic E-state index is -0.286. The minimum absolute atomic E-state index is 0.286. The van der Waals surface area contributed by atoms with Crippen LogP contribution in [0.4, 0.5) is 4.39 Å². The Labute approximate surface area is 293 Å². The number of ether oxygens (including phenoxy) is 3. The molecule has 0 aliphatic heterocycles. The molecule has 0 saturated heterocycles. The summed E-state index contributed by atoms with van der Waals surface area (Å²) >= 11 is 0. The predicted octanol–water partition coefficient (Wildman–Crippen LogP) is 9.75. The lowest BCUT2D eigenvalue weighted by atomic mass is 9.94. The van der Waals surface area contributed by atoms with Gasteiger partial charge in [-0.2, -0.15) is 0 Å². The van der Waals surface area contributed by atoms with Crippen molar-refractivity contribution >= 4 is 39.2 Å². The Morgan fingerprint density at radius 1 is 0.735 bits per heavy atom. The Hall–Kier alpha value is -4.22. The standard InChI is InChI=1S/C39H45FNO3P.C3H4O/c1-42-24-7-5-3-4-6-9-29-12-17-32(18-13-29)36-22-23-37(38(40)39(36)45)35-21-16-31(27-33(35)28-41)11-10-30-14-19-34(20-15-30)44-26-8-25-43-2;1-2-3-4/h10-23,27-28,41H,3-9,24-26,45H2,1-2H3;2-3H,1H2/b11-10+,41-28?;. The Morgan fingerprint density at radius 3 is 2.00 bits per heavy atom. The molecule has 0 fully saturated rings. The molecule has 0 heterocycles. The highest BCUT2D eigenvalue weighted by atomic mass is 31.0. The summed E-state index contributed by atoms with van der Waals surface area (Å²) < 4.78 is 31.7. The maximum Gasteiger partial charge on any atom is 0.142 e. The molecule has 0 aromatic heterocycles. The Kier molecular flexibility index (Phi) is 17.9. The number of unbranched alkanes of at least 4 members (excludes halogenated alkanes) is 4. The number of nitrogens with one attached hydrogen (secondary N) is 1. The summed E-state index contributed by atoms with van der Waals surface area (Å²) in [5.74, 6) is 0.541. The first-order valence-corrected chi connectivity index (χ1v) is 17.3. The quantitative estimate of drug-likeness (QED) is 0.0267. The highest BCUT2D eigenvalue weighted by Crippen LogP contribution is 2.31. The van der Waals surface area contributed by atoms with Crippen LogP contribution in [0.3, 0.4) is 0 Å². The summed E-state index contributed by atoms with van der Waals surface area (Å²) in [5, 5.41) is 8.58. The first-order chi connectivity index (χ1) is 23.9. The molecule has 4 aromatic rings. The van der Waals surface area contributed by atoms with E-state index < -0.39 is 0 Å². The molecule has 0 aliphatic rings. The largest absolute Gasteiger partial charge is 0.494 e. The van der Waals surface area contributed by atoms with Gasteiger partial charge in [0.2, 0.25) is 0 Å². The molecular weight excluding hydrogens is 632 g/mol. The van der Waals surface area contributed by atoms with Gasteiger partial charge in [-0.15, -0.1) is 9.24 Å². The summed E-state index contributed by atoms with van der Waals surface area (Å²) in [7, 11) is 6.03. The molecule has 0 aliphatic carbocycles. The highest BCUT2D eigenvalue weighted by Gasteiger charge is 2.15. The van der Waals surface area contributed by atoms with Crippen LogP contribution in [0.15, 0.2) is 91.5 Å². The number of rotatable bonds is 19. The van der Waals surface area contributed by atoms with E-state index in [1.54, 1.807) is 14.2 Å². The van der Waals surface area contributed by atoms with E-state index in [2.05, 4.69) is 40.1 Å². The zero-order valence-electron chi connectivity index (χ0n) is 28.8. The van der Waals surface area contributed by atoms with E-state index in [9.17, 15) is 0 Å². The SMILES string of the molecule is C=CC=O.COCCCCCCCc1ccc(-c2ccc(-c3ccc(/C=C/c4ccc(OCCCOC)cc4)cc3C=N)c(F)c2P)cc1. The number of halogens is 1. The molecule has 4 aromatic carbocycles. The first-order valence-electron chi connectivity index (χ1n) is 16.7. The van der Waals surface area contributed by atoms with Crippen molar-refractivity contribution in [1.82, 2.24) is 0 Å². The van der Waals surface area contributed by atoms with Gasteiger partial charge < -0.3 is 19.6 Å². The van der Waals surface area contributed by atoms with E-state index in [0.717, 1.165) is 53.9 Å². The fraction of sp³-hybridized carbons (Fsp3) is 0.286. The van der Waals surface area contributed by atoms with Crippen LogP contribution in [-0.4, -0.2) is 46.5 Å². The van der Waals surface area contributed by atoms with Crippen LogP contribution < -0.4 is 10.0 Å². The van der Waals surface area contributed by atoms with Crippen molar-refractivity contribution in [2.75, 3.05) is 34.0 Å². The van der Waals surface area contributed by atoms with Gasteiger partial charge >= 0.3 is 0 Å². The molecule has 258 valence electrons. The third-order valence-electron chi connectivity index (χ3n) is 7.99. The van der Waals surface area contributed by atoms with E-state index >= 15 is 4.39 Å². The number of hydrogen-bond donors (Lipinski definition) is 1. The number of aldehydes is 1. The van der Waals surface area contributed by atoms with Crippen molar-refractivity contribution in [3.05, 3.63) is 120 Å². The van der Waals surface area contributed by atoms with Gasteiger partial charge in [0.1, 0.15) is 17.9 Å². The van der Waals surface area contributed by atoms with Crippen molar-refractivity contribution < 1.29 is 23.4 Å². The van der Waals surface area contributed by atoms with Crippen LogP contribution in [0, 0.1) is 11.2 Å². The van der Waals surface area contributed by atoms with Crippen LogP contribution >= 0.6 is 9.24 Å². The number of carbonyl (C=O) groups excluding carboxylic acids is 1. The summed E-state index contributed by atoms with van der Waals surface area (Å²) in [5.41, 5.74) is 6.98. The van der Waals surface area contributed by atoms with E-state index in [1.165, 1.54) is 43.5 Å². The number of aryl methyl sites for hydroxylation is 1. The third-order valence-corrected chi connectivity index (χ3v) is 8.55. The van der Waals surface area contributed by atoms with Gasteiger partial charge in [0.05, 0.1) is 6.61 Å². The Balaban J connectivity index is 0.00000154. The van der Waals surface area contributed by atoms with Crippen LogP contribution in [0.5, 0.6) is 5.75 Å². The van der Waals surface area contributed by atoms with Gasteiger partial charge in [-0.3, -0.25) is 4.79 Å². The Morgan fingerprint density at radius 2 is 1.33 bits per heavy atom. The van der Waals surface area contributed by atoms with Crippen molar-refractivity contribution in [3.8, 4) is 28.0 Å². The number of allylic oxidation sites excluding steroid dienone is 1. The second-order valence-electron chi connectivity index (χ2n) is 11.6. The number of carbonyl (C=O) groups is 1. The topological polar surface area (TPSA) is 68.6 Å². The van der Waals surface area contributed by atoms with E-state index in [1.807, 2.05) is 66.7 Å². The van der Waals surface area contributed by atoms with Gasteiger partial charge in [-0.1, -0.05) is 98.7 Å². The molecule has 7 heteroatoms. The molecule has 0 saturated carbocycles. The van der Waals surface area contributed by atoms with Crippen molar-refractivity contribution in [3.63, 3.8) is 0 Å². The summed E-state index contributed by atoms with van der Waals surface area (Å²) in [6.07, 6.45) is 15.0. The molecule has 5 nitrogen and oxygen atoms in total. The van der Waals surface area contributed by atoms with Crippen LogP contribution in [-0.2, 0) is 20.7 Å². The predicted molar refractivity (Wildman–Crippen MR) is 207 cm³/mol.